The maximum absolute atomic E-state index is 13.4. The molecule has 6 heteroatoms. The molecule has 1 atom stereocenters. The third kappa shape index (κ3) is 4.48. The summed E-state index contributed by atoms with van der Waals surface area (Å²) in [5, 5.41) is 1.46. The van der Waals surface area contributed by atoms with Crippen LogP contribution in [0.1, 0.15) is 44.7 Å². The lowest BCUT2D eigenvalue weighted by molar-refractivity contribution is -0.114. The predicted octanol–water partition coefficient (Wildman–Crippen LogP) is 4.78. The molecule has 0 radical (unpaired) electrons. The molecule has 2 heterocycles. The van der Waals surface area contributed by atoms with Gasteiger partial charge < -0.3 is 0 Å². The second-order valence-corrected chi connectivity index (χ2v) is 8.91. The zero-order valence-electron chi connectivity index (χ0n) is 19.6. The molecule has 2 aliphatic heterocycles. The molecule has 3 aromatic carbocycles. The Bertz CT molecular complexity index is 1370. The first kappa shape index (κ1) is 22.6. The standard InChI is InChI=1S/C29H25N3O3/c1-18-8-12-20(13-9-18)25(33)16-23-24(17-26(34)21-14-10-19(2)11-15-21)30-28-27(23)29(35)32(31-28)22-6-4-3-5-7-22/h3-15,28,31H,16-17H2,1-2H3. The van der Waals surface area contributed by atoms with E-state index in [4.69, 9.17) is 4.99 Å². The summed E-state index contributed by atoms with van der Waals surface area (Å²) in [6.45, 7) is 3.92. The molecule has 1 unspecified atom stereocenters. The number of ketones is 2. The second-order valence-electron chi connectivity index (χ2n) is 8.91. The van der Waals surface area contributed by atoms with Crippen LogP contribution in [0, 0.1) is 13.8 Å². The quantitative estimate of drug-likeness (QED) is 0.512. The van der Waals surface area contributed by atoms with Gasteiger partial charge in [-0.3, -0.25) is 19.4 Å². The van der Waals surface area contributed by atoms with E-state index in [2.05, 4.69) is 5.43 Å². The van der Waals surface area contributed by atoms with Crippen LogP contribution in [0.2, 0.25) is 0 Å². The zero-order chi connectivity index (χ0) is 24.5. The smallest absolute Gasteiger partial charge is 0.272 e. The lowest BCUT2D eigenvalue weighted by Crippen LogP contribution is -2.37. The molecule has 5 rings (SSSR count). The monoisotopic (exact) mass is 463 g/mol. The van der Waals surface area contributed by atoms with Gasteiger partial charge in [0.15, 0.2) is 11.6 Å². The summed E-state index contributed by atoms with van der Waals surface area (Å²) in [4.78, 5) is 44.3. The van der Waals surface area contributed by atoms with Crippen LogP contribution in [0.4, 0.5) is 5.69 Å². The molecule has 1 amide bonds. The predicted molar refractivity (Wildman–Crippen MR) is 136 cm³/mol. The number of fused-ring (bicyclic) bond motifs is 1. The van der Waals surface area contributed by atoms with Crippen LogP contribution in [0.3, 0.4) is 0 Å². The Morgan fingerprint density at radius 3 is 1.91 bits per heavy atom. The van der Waals surface area contributed by atoms with Crippen molar-refractivity contribution in [3.63, 3.8) is 0 Å². The number of allylic oxidation sites excluding steroid dienone is 1. The van der Waals surface area contributed by atoms with E-state index in [0.717, 1.165) is 11.1 Å². The Morgan fingerprint density at radius 2 is 1.34 bits per heavy atom. The van der Waals surface area contributed by atoms with Crippen molar-refractivity contribution >= 4 is 28.9 Å². The van der Waals surface area contributed by atoms with Crippen molar-refractivity contribution in [3.05, 3.63) is 112 Å². The minimum Gasteiger partial charge on any atom is -0.294 e. The van der Waals surface area contributed by atoms with Crippen LogP contribution in [0.15, 0.2) is 95.0 Å². The van der Waals surface area contributed by atoms with Crippen molar-refractivity contribution in [2.45, 2.75) is 32.9 Å². The second kappa shape index (κ2) is 9.24. The highest BCUT2D eigenvalue weighted by atomic mass is 16.2. The van der Waals surface area contributed by atoms with Crippen LogP contribution in [0.5, 0.6) is 0 Å². The normalized spacial score (nSPS) is 17.0. The Labute approximate surface area is 204 Å². The van der Waals surface area contributed by atoms with E-state index in [1.807, 2.05) is 68.4 Å². The number of anilines is 1. The first-order valence-corrected chi connectivity index (χ1v) is 11.6. The molecule has 174 valence electrons. The molecule has 3 aromatic rings. The molecular formula is C29H25N3O3. The number of hydrazine groups is 1. The fourth-order valence-corrected chi connectivity index (χ4v) is 4.37. The molecule has 1 N–H and O–H groups in total. The number of aryl methyl sites for hydroxylation is 2. The maximum atomic E-state index is 13.4. The third-order valence-corrected chi connectivity index (χ3v) is 6.34. The number of hydrogen-bond acceptors (Lipinski definition) is 5. The van der Waals surface area contributed by atoms with Crippen molar-refractivity contribution in [3.8, 4) is 0 Å². The van der Waals surface area contributed by atoms with E-state index < -0.39 is 6.17 Å². The van der Waals surface area contributed by atoms with Gasteiger partial charge in [0.05, 0.1) is 17.7 Å². The molecule has 0 bridgehead atoms. The lowest BCUT2D eigenvalue weighted by Gasteiger charge is -2.17. The topological polar surface area (TPSA) is 78.8 Å². The van der Waals surface area contributed by atoms with Gasteiger partial charge >= 0.3 is 0 Å². The molecule has 35 heavy (non-hydrogen) atoms. The fraction of sp³-hybridized carbons (Fsp3) is 0.172. The lowest BCUT2D eigenvalue weighted by atomic mass is 9.92. The summed E-state index contributed by atoms with van der Waals surface area (Å²) >= 11 is 0. The van der Waals surface area contributed by atoms with E-state index in [1.165, 1.54) is 5.01 Å². The Morgan fingerprint density at radius 1 is 0.800 bits per heavy atom. The van der Waals surface area contributed by atoms with Crippen LogP contribution >= 0.6 is 0 Å². The Kier molecular flexibility index (Phi) is 5.97. The number of carbonyl (C=O) groups is 3. The van der Waals surface area contributed by atoms with Crippen LogP contribution in [-0.4, -0.2) is 29.4 Å². The van der Waals surface area contributed by atoms with Gasteiger partial charge in [-0.2, -0.15) is 5.43 Å². The minimum absolute atomic E-state index is 0.00492. The van der Waals surface area contributed by atoms with Gasteiger partial charge in [-0.25, -0.2) is 5.01 Å². The molecule has 0 aromatic heterocycles. The first-order chi connectivity index (χ1) is 16.9. The highest BCUT2D eigenvalue weighted by Gasteiger charge is 2.43. The van der Waals surface area contributed by atoms with Crippen molar-refractivity contribution < 1.29 is 14.4 Å². The number of rotatable bonds is 7. The number of amides is 1. The van der Waals surface area contributed by atoms with E-state index in [9.17, 15) is 14.4 Å². The molecule has 0 saturated carbocycles. The summed E-state index contributed by atoms with van der Waals surface area (Å²) in [6.07, 6.45) is -0.588. The zero-order valence-corrected chi connectivity index (χ0v) is 19.6. The highest BCUT2D eigenvalue weighted by molar-refractivity contribution is 6.24. The molecule has 0 aliphatic carbocycles. The van der Waals surface area contributed by atoms with Crippen LogP contribution in [-0.2, 0) is 4.79 Å². The fourth-order valence-electron chi connectivity index (χ4n) is 4.37. The molecule has 6 nitrogen and oxygen atoms in total. The summed E-state index contributed by atoms with van der Waals surface area (Å²) in [5.74, 6) is -0.471. The van der Waals surface area contributed by atoms with Crippen molar-refractivity contribution in [1.29, 1.82) is 0 Å². The number of benzene rings is 3. The number of nitrogens with one attached hydrogen (secondary N) is 1. The van der Waals surface area contributed by atoms with Crippen molar-refractivity contribution in [1.82, 2.24) is 5.43 Å². The van der Waals surface area contributed by atoms with E-state index >= 15 is 0 Å². The molecule has 2 aliphatic rings. The van der Waals surface area contributed by atoms with Gasteiger partial charge in [0.1, 0.15) is 6.17 Å². The number of nitrogens with zero attached hydrogens (tertiary/aromatic N) is 2. The average molecular weight is 464 g/mol. The Balaban J connectivity index is 1.47. The SMILES string of the molecule is Cc1ccc(C(=O)CC2=NC3NN(c4ccccc4)C(=O)C3=C2CC(=O)c2ccc(C)cc2)cc1. The van der Waals surface area contributed by atoms with Gasteiger partial charge in [0.25, 0.3) is 5.91 Å². The average Bonchev–Trinajstić information content (AvgIpc) is 3.36. The van der Waals surface area contributed by atoms with Gasteiger partial charge in [0, 0.05) is 23.3 Å². The van der Waals surface area contributed by atoms with E-state index in [0.29, 0.717) is 33.7 Å². The van der Waals surface area contributed by atoms with Gasteiger partial charge in [-0.1, -0.05) is 77.9 Å². The molecule has 1 saturated heterocycles. The summed E-state index contributed by atoms with van der Waals surface area (Å²) in [6, 6.07) is 23.9. The van der Waals surface area contributed by atoms with Crippen molar-refractivity contribution in [2.75, 3.05) is 5.01 Å². The molecule has 0 spiro atoms. The third-order valence-electron chi connectivity index (χ3n) is 6.34. The maximum Gasteiger partial charge on any atom is 0.272 e. The summed E-state index contributed by atoms with van der Waals surface area (Å²) in [7, 11) is 0. The van der Waals surface area contributed by atoms with Gasteiger partial charge in [0.2, 0.25) is 0 Å². The van der Waals surface area contributed by atoms with E-state index in [-0.39, 0.29) is 30.3 Å². The number of Topliss-reactive ketones (excluding diaryl/α,β-unsaturated/α-hetero) is 2. The van der Waals surface area contributed by atoms with Crippen LogP contribution < -0.4 is 10.4 Å². The van der Waals surface area contributed by atoms with Gasteiger partial charge in [-0.05, 0) is 31.6 Å². The van der Waals surface area contributed by atoms with Crippen molar-refractivity contribution in [2.24, 2.45) is 4.99 Å². The first-order valence-electron chi connectivity index (χ1n) is 11.6. The van der Waals surface area contributed by atoms with Crippen LogP contribution in [0.25, 0.3) is 0 Å². The van der Waals surface area contributed by atoms with Gasteiger partial charge in [-0.15, -0.1) is 0 Å². The number of para-hydroxylation sites is 1. The highest BCUT2D eigenvalue weighted by Crippen LogP contribution is 2.33. The number of carbonyl (C=O) groups excluding carboxylic acids is 3. The number of aliphatic imine (C=N–C) groups is 1. The summed E-state index contributed by atoms with van der Waals surface area (Å²) < 4.78 is 0. The summed E-state index contributed by atoms with van der Waals surface area (Å²) in [5.41, 5.74) is 8.56. The minimum atomic E-state index is -0.621. The molecular weight excluding hydrogens is 438 g/mol. The Hall–Kier alpha value is -4.16. The van der Waals surface area contributed by atoms with E-state index in [1.54, 1.807) is 24.3 Å². The molecule has 1 fully saturated rings. The largest absolute Gasteiger partial charge is 0.294 e. The number of hydrogen-bond donors (Lipinski definition) is 1.